The lowest BCUT2D eigenvalue weighted by Crippen LogP contribution is -2.43. The van der Waals surface area contributed by atoms with Crippen LogP contribution >= 0.6 is 0 Å². The summed E-state index contributed by atoms with van der Waals surface area (Å²) in [7, 11) is 4.19. The zero-order valence-electron chi connectivity index (χ0n) is 15.8. The van der Waals surface area contributed by atoms with E-state index in [-0.39, 0.29) is 11.2 Å². The Hall–Kier alpha value is -0.910. The minimum absolute atomic E-state index is 0.0905. The number of fused-ring (bicyclic) bond motifs is 2. The van der Waals surface area contributed by atoms with E-state index in [1.165, 1.54) is 24.1 Å². The van der Waals surface area contributed by atoms with Gasteiger partial charge in [-0.2, -0.15) is 5.10 Å². The van der Waals surface area contributed by atoms with Gasteiger partial charge in [0.05, 0.1) is 16.9 Å². The number of nitrogens with one attached hydrogen (secondary N) is 2. The monoisotopic (exact) mass is 334 g/mol. The van der Waals surface area contributed by atoms with Crippen LogP contribution in [-0.4, -0.2) is 53.5 Å². The van der Waals surface area contributed by atoms with Crippen molar-refractivity contribution in [3.8, 4) is 0 Å². The first-order valence-corrected chi connectivity index (χ1v) is 9.61. The minimum atomic E-state index is 0.0905. The molecular formula is C19H34N4O. The smallest absolute Gasteiger partial charge is 0.0700 e. The summed E-state index contributed by atoms with van der Waals surface area (Å²) in [4.78, 5) is 2.37. The average molecular weight is 335 g/mol. The molecule has 1 aromatic heterocycles. The minimum Gasteiger partial charge on any atom is -0.369 e. The third kappa shape index (κ3) is 3.39. The Morgan fingerprint density at radius 3 is 2.54 bits per heavy atom. The molecule has 5 heteroatoms. The topological polar surface area (TPSA) is 53.2 Å². The highest BCUT2D eigenvalue weighted by Gasteiger charge is 2.54. The molecule has 0 aliphatic carbocycles. The first kappa shape index (κ1) is 17.9. The maximum absolute atomic E-state index is 6.62. The highest BCUT2D eigenvalue weighted by atomic mass is 16.5. The molecule has 3 heterocycles. The quantitative estimate of drug-likeness (QED) is 0.767. The Kier molecular flexibility index (Phi) is 5.33. The van der Waals surface area contributed by atoms with Gasteiger partial charge in [0.25, 0.3) is 0 Å². The molecule has 0 radical (unpaired) electrons. The van der Waals surface area contributed by atoms with E-state index < -0.39 is 0 Å². The molecule has 0 aromatic carbocycles. The molecule has 2 bridgehead atoms. The summed E-state index contributed by atoms with van der Waals surface area (Å²) in [6.07, 6.45) is 9.03. The Balaban J connectivity index is 1.76. The molecule has 2 N–H and O–H groups in total. The SMILES string of the molecule is CC[C@]12CC[C@](CC)(C[C@H](c3n[nH]cc3CN(C)CCNC)C1)O2. The molecule has 136 valence electrons. The molecule has 2 aliphatic rings. The first-order chi connectivity index (χ1) is 11.6. The molecule has 2 fully saturated rings. The van der Waals surface area contributed by atoms with E-state index in [0.29, 0.717) is 5.92 Å². The molecule has 3 atom stereocenters. The van der Waals surface area contributed by atoms with Crippen molar-refractivity contribution in [3.05, 3.63) is 17.5 Å². The van der Waals surface area contributed by atoms with Crippen molar-refractivity contribution in [3.63, 3.8) is 0 Å². The number of rotatable bonds is 8. The Labute approximate surface area is 146 Å². The van der Waals surface area contributed by atoms with Crippen LogP contribution in [0.3, 0.4) is 0 Å². The number of hydrogen-bond acceptors (Lipinski definition) is 4. The van der Waals surface area contributed by atoms with Crippen molar-refractivity contribution < 1.29 is 4.74 Å². The van der Waals surface area contributed by atoms with Gasteiger partial charge < -0.3 is 15.0 Å². The number of hydrogen-bond donors (Lipinski definition) is 2. The van der Waals surface area contributed by atoms with E-state index in [4.69, 9.17) is 4.74 Å². The fourth-order valence-electron chi connectivity index (χ4n) is 4.73. The Morgan fingerprint density at radius 2 is 1.96 bits per heavy atom. The second-order valence-corrected chi connectivity index (χ2v) is 7.92. The van der Waals surface area contributed by atoms with E-state index in [9.17, 15) is 0 Å². The molecule has 0 spiro atoms. The fraction of sp³-hybridized carbons (Fsp3) is 0.842. The van der Waals surface area contributed by atoms with Crippen LogP contribution in [0.4, 0.5) is 0 Å². The summed E-state index contributed by atoms with van der Waals surface area (Å²) in [5.74, 6) is 0.528. The van der Waals surface area contributed by atoms with Crippen LogP contribution < -0.4 is 5.32 Å². The zero-order chi connectivity index (χ0) is 17.2. The van der Waals surface area contributed by atoms with E-state index in [0.717, 1.165) is 45.3 Å². The Bertz CT molecular complexity index is 525. The number of ether oxygens (including phenoxy) is 1. The predicted molar refractivity (Wildman–Crippen MR) is 97.2 cm³/mol. The predicted octanol–water partition coefficient (Wildman–Crippen LogP) is 3.05. The zero-order valence-corrected chi connectivity index (χ0v) is 15.8. The molecule has 2 saturated heterocycles. The molecule has 5 nitrogen and oxygen atoms in total. The average Bonchev–Trinajstić information content (AvgIpc) is 3.16. The fourth-order valence-corrected chi connectivity index (χ4v) is 4.73. The van der Waals surface area contributed by atoms with E-state index >= 15 is 0 Å². The third-order valence-electron chi connectivity index (χ3n) is 6.32. The largest absolute Gasteiger partial charge is 0.369 e. The molecule has 3 rings (SSSR count). The van der Waals surface area contributed by atoms with Gasteiger partial charge in [-0.1, -0.05) is 13.8 Å². The highest BCUT2D eigenvalue weighted by Crippen LogP contribution is 2.55. The number of H-pyrrole nitrogens is 1. The van der Waals surface area contributed by atoms with Crippen molar-refractivity contribution in [2.45, 2.75) is 76.0 Å². The van der Waals surface area contributed by atoms with Crippen LogP contribution in [-0.2, 0) is 11.3 Å². The Morgan fingerprint density at radius 1 is 1.29 bits per heavy atom. The second kappa shape index (κ2) is 7.14. The lowest BCUT2D eigenvalue weighted by Gasteiger charge is -2.43. The van der Waals surface area contributed by atoms with Crippen LogP contribution in [0.15, 0.2) is 6.20 Å². The van der Waals surface area contributed by atoms with Crippen LogP contribution in [0.25, 0.3) is 0 Å². The first-order valence-electron chi connectivity index (χ1n) is 9.61. The normalized spacial score (nSPS) is 32.6. The van der Waals surface area contributed by atoms with Gasteiger partial charge in [-0.05, 0) is 52.6 Å². The maximum Gasteiger partial charge on any atom is 0.0700 e. The number of nitrogens with zero attached hydrogens (tertiary/aromatic N) is 2. The van der Waals surface area contributed by atoms with Crippen LogP contribution in [0.1, 0.15) is 69.5 Å². The summed E-state index contributed by atoms with van der Waals surface area (Å²) in [5.41, 5.74) is 2.82. The summed E-state index contributed by atoms with van der Waals surface area (Å²) in [6, 6.07) is 0. The highest BCUT2D eigenvalue weighted by molar-refractivity contribution is 5.24. The molecule has 24 heavy (non-hydrogen) atoms. The second-order valence-electron chi connectivity index (χ2n) is 7.92. The number of likely N-dealkylation sites (N-methyl/N-ethyl adjacent to an activating group) is 2. The van der Waals surface area contributed by atoms with Crippen molar-refractivity contribution in [2.75, 3.05) is 27.2 Å². The van der Waals surface area contributed by atoms with Crippen LogP contribution in [0.5, 0.6) is 0 Å². The van der Waals surface area contributed by atoms with E-state index in [1.54, 1.807) is 0 Å². The van der Waals surface area contributed by atoms with Crippen LogP contribution in [0.2, 0.25) is 0 Å². The van der Waals surface area contributed by atoms with Crippen LogP contribution in [0, 0.1) is 0 Å². The van der Waals surface area contributed by atoms with E-state index in [2.05, 4.69) is 47.5 Å². The third-order valence-corrected chi connectivity index (χ3v) is 6.32. The summed E-state index contributed by atoms with van der Waals surface area (Å²) in [6.45, 7) is 7.59. The van der Waals surface area contributed by atoms with Gasteiger partial charge in [-0.3, -0.25) is 5.10 Å². The van der Waals surface area contributed by atoms with Gasteiger partial charge in [0.1, 0.15) is 0 Å². The van der Waals surface area contributed by atoms with Gasteiger partial charge in [-0.25, -0.2) is 0 Å². The lowest BCUT2D eigenvalue weighted by molar-refractivity contribution is -0.149. The van der Waals surface area contributed by atoms with Gasteiger partial charge in [0, 0.05) is 37.3 Å². The van der Waals surface area contributed by atoms with Crippen molar-refractivity contribution in [2.24, 2.45) is 0 Å². The molecule has 0 saturated carbocycles. The number of aromatic nitrogens is 2. The summed E-state index contributed by atoms with van der Waals surface area (Å²) >= 11 is 0. The molecule has 2 aliphatic heterocycles. The summed E-state index contributed by atoms with van der Waals surface area (Å²) < 4.78 is 6.62. The van der Waals surface area contributed by atoms with Crippen molar-refractivity contribution in [1.29, 1.82) is 0 Å². The van der Waals surface area contributed by atoms with Gasteiger partial charge in [-0.15, -0.1) is 0 Å². The van der Waals surface area contributed by atoms with E-state index in [1.807, 2.05) is 7.05 Å². The standard InChI is InChI=1S/C19H34N4O/c1-5-18-7-8-19(6-2,24-18)12-15(11-18)17-16(13-21-22-17)14-23(4)10-9-20-3/h13,15,20H,5-12,14H2,1-4H3,(H,21,22)/t15-,18+,19-. The van der Waals surface area contributed by atoms with Crippen molar-refractivity contribution >= 4 is 0 Å². The van der Waals surface area contributed by atoms with Gasteiger partial charge in [0.2, 0.25) is 0 Å². The summed E-state index contributed by atoms with van der Waals surface area (Å²) in [5, 5.41) is 11.0. The van der Waals surface area contributed by atoms with Gasteiger partial charge >= 0.3 is 0 Å². The lowest BCUT2D eigenvalue weighted by atomic mass is 9.79. The maximum atomic E-state index is 6.62. The van der Waals surface area contributed by atoms with Crippen molar-refractivity contribution in [1.82, 2.24) is 20.4 Å². The van der Waals surface area contributed by atoms with Gasteiger partial charge in [0.15, 0.2) is 0 Å². The molecule has 1 aromatic rings. The number of aromatic amines is 1. The molecular weight excluding hydrogens is 300 g/mol. The molecule has 0 amide bonds. The molecule has 0 unspecified atom stereocenters.